The van der Waals surface area contributed by atoms with Gasteiger partial charge in [0.05, 0.1) is 5.69 Å². The molecule has 0 spiro atoms. The molecule has 1 aromatic heterocycles. The first-order valence-corrected chi connectivity index (χ1v) is 6.98. The Morgan fingerprint density at radius 1 is 1.50 bits per heavy atom. The maximum atomic E-state index is 4.34. The van der Waals surface area contributed by atoms with Crippen molar-refractivity contribution in [2.75, 3.05) is 19.6 Å². The molecule has 1 saturated carbocycles. The zero-order valence-corrected chi connectivity index (χ0v) is 11.1. The van der Waals surface area contributed by atoms with Crippen molar-refractivity contribution in [3.8, 4) is 0 Å². The zero-order chi connectivity index (χ0) is 12.4. The quantitative estimate of drug-likeness (QED) is 0.876. The van der Waals surface area contributed by atoms with E-state index in [1.54, 1.807) is 6.33 Å². The standard InChI is InChI=1S/C14H22N4/c1-14(12-3-4-12)10-18(8-2-6-17-14)9-13-5-7-15-11-16-13/h5,7,11-12,17H,2-4,6,8-10H2,1H3. The molecule has 2 fully saturated rings. The molecule has 0 radical (unpaired) electrons. The summed E-state index contributed by atoms with van der Waals surface area (Å²) in [6.07, 6.45) is 7.49. The van der Waals surface area contributed by atoms with Crippen LogP contribution in [0.3, 0.4) is 0 Å². The molecule has 0 aromatic carbocycles. The molecule has 1 N–H and O–H groups in total. The van der Waals surface area contributed by atoms with Gasteiger partial charge in [0.1, 0.15) is 6.33 Å². The summed E-state index contributed by atoms with van der Waals surface area (Å²) in [6, 6.07) is 2.02. The number of rotatable bonds is 3. The third-order valence-electron chi connectivity index (χ3n) is 4.24. The van der Waals surface area contributed by atoms with Gasteiger partial charge in [-0.2, -0.15) is 0 Å². The molecule has 1 aliphatic heterocycles. The molecule has 1 atom stereocenters. The maximum absolute atomic E-state index is 4.34. The van der Waals surface area contributed by atoms with E-state index in [1.807, 2.05) is 12.3 Å². The van der Waals surface area contributed by atoms with Crippen molar-refractivity contribution >= 4 is 0 Å². The largest absolute Gasteiger partial charge is 0.310 e. The van der Waals surface area contributed by atoms with E-state index in [1.165, 1.54) is 25.8 Å². The van der Waals surface area contributed by atoms with E-state index < -0.39 is 0 Å². The lowest BCUT2D eigenvalue weighted by Crippen LogP contribution is -2.50. The van der Waals surface area contributed by atoms with Gasteiger partial charge in [-0.3, -0.25) is 4.90 Å². The summed E-state index contributed by atoms with van der Waals surface area (Å²) < 4.78 is 0. The lowest BCUT2D eigenvalue weighted by atomic mass is 9.95. The first-order valence-electron chi connectivity index (χ1n) is 6.98. The second kappa shape index (κ2) is 4.94. The number of hydrogen-bond acceptors (Lipinski definition) is 4. The Hall–Kier alpha value is -1.00. The molecule has 0 bridgehead atoms. The van der Waals surface area contributed by atoms with Gasteiger partial charge in [-0.05, 0) is 51.3 Å². The fourth-order valence-corrected chi connectivity index (χ4v) is 3.05. The average molecular weight is 246 g/mol. The molecule has 4 heteroatoms. The van der Waals surface area contributed by atoms with Crippen molar-refractivity contribution in [1.82, 2.24) is 20.2 Å². The fourth-order valence-electron chi connectivity index (χ4n) is 3.05. The Labute approximate surface area is 109 Å². The van der Waals surface area contributed by atoms with Crippen LogP contribution in [-0.4, -0.2) is 40.0 Å². The van der Waals surface area contributed by atoms with Gasteiger partial charge < -0.3 is 5.32 Å². The van der Waals surface area contributed by atoms with Crippen molar-refractivity contribution in [2.45, 2.75) is 38.3 Å². The van der Waals surface area contributed by atoms with Crippen molar-refractivity contribution in [3.63, 3.8) is 0 Å². The third-order valence-corrected chi connectivity index (χ3v) is 4.24. The monoisotopic (exact) mass is 246 g/mol. The van der Waals surface area contributed by atoms with E-state index in [4.69, 9.17) is 0 Å². The summed E-state index contributed by atoms with van der Waals surface area (Å²) in [5.74, 6) is 0.878. The topological polar surface area (TPSA) is 41.1 Å². The highest BCUT2D eigenvalue weighted by Crippen LogP contribution is 2.40. The molecule has 1 saturated heterocycles. The van der Waals surface area contributed by atoms with Gasteiger partial charge in [-0.25, -0.2) is 9.97 Å². The molecule has 1 aliphatic carbocycles. The molecule has 3 rings (SSSR count). The van der Waals surface area contributed by atoms with Crippen LogP contribution < -0.4 is 5.32 Å². The summed E-state index contributed by atoms with van der Waals surface area (Å²) in [4.78, 5) is 10.9. The molecule has 0 amide bonds. The van der Waals surface area contributed by atoms with Gasteiger partial charge in [0, 0.05) is 24.8 Å². The molecule has 2 aliphatic rings. The third kappa shape index (κ3) is 2.70. The highest BCUT2D eigenvalue weighted by molar-refractivity contribution is 5.03. The molecule has 4 nitrogen and oxygen atoms in total. The summed E-state index contributed by atoms with van der Waals surface area (Å²) >= 11 is 0. The molecular formula is C14H22N4. The SMILES string of the molecule is CC1(C2CC2)CN(Cc2ccncn2)CCCN1. The zero-order valence-electron chi connectivity index (χ0n) is 11.1. The average Bonchev–Trinajstić information content (AvgIpc) is 3.19. The predicted molar refractivity (Wildman–Crippen MR) is 71.1 cm³/mol. The van der Waals surface area contributed by atoms with Gasteiger partial charge in [-0.1, -0.05) is 0 Å². The van der Waals surface area contributed by atoms with Crippen molar-refractivity contribution in [3.05, 3.63) is 24.3 Å². The molecule has 1 unspecified atom stereocenters. The van der Waals surface area contributed by atoms with Crippen LogP contribution >= 0.6 is 0 Å². The number of aromatic nitrogens is 2. The Morgan fingerprint density at radius 3 is 3.11 bits per heavy atom. The number of nitrogens with zero attached hydrogens (tertiary/aromatic N) is 3. The summed E-state index contributed by atoms with van der Waals surface area (Å²) in [7, 11) is 0. The first-order chi connectivity index (χ1) is 8.76. The van der Waals surface area contributed by atoms with Crippen LogP contribution in [0.15, 0.2) is 18.6 Å². The molecule has 2 heterocycles. The number of nitrogens with one attached hydrogen (secondary N) is 1. The second-order valence-corrected chi connectivity index (χ2v) is 5.88. The van der Waals surface area contributed by atoms with Crippen LogP contribution in [0.25, 0.3) is 0 Å². The van der Waals surface area contributed by atoms with E-state index in [2.05, 4.69) is 27.1 Å². The van der Waals surface area contributed by atoms with Crippen LogP contribution in [0.4, 0.5) is 0 Å². The Kier molecular flexibility index (Phi) is 3.31. The minimum Gasteiger partial charge on any atom is -0.310 e. The van der Waals surface area contributed by atoms with Crippen molar-refractivity contribution in [2.24, 2.45) is 5.92 Å². The van der Waals surface area contributed by atoms with E-state index in [0.717, 1.165) is 31.2 Å². The second-order valence-electron chi connectivity index (χ2n) is 5.88. The van der Waals surface area contributed by atoms with Crippen LogP contribution in [-0.2, 0) is 6.54 Å². The van der Waals surface area contributed by atoms with Gasteiger partial charge in [-0.15, -0.1) is 0 Å². The lowest BCUT2D eigenvalue weighted by Gasteiger charge is -2.33. The smallest absolute Gasteiger partial charge is 0.115 e. The Balaban J connectivity index is 1.67. The van der Waals surface area contributed by atoms with E-state index in [0.29, 0.717) is 5.54 Å². The minimum atomic E-state index is 0.309. The molecular weight excluding hydrogens is 224 g/mol. The van der Waals surface area contributed by atoms with Gasteiger partial charge >= 0.3 is 0 Å². The molecule has 18 heavy (non-hydrogen) atoms. The fraction of sp³-hybridized carbons (Fsp3) is 0.714. The molecule has 98 valence electrons. The van der Waals surface area contributed by atoms with Crippen molar-refractivity contribution in [1.29, 1.82) is 0 Å². The summed E-state index contributed by atoms with van der Waals surface area (Å²) in [6.45, 7) is 6.80. The Bertz CT molecular complexity index is 390. The van der Waals surface area contributed by atoms with Crippen LogP contribution in [0.1, 0.15) is 31.9 Å². The van der Waals surface area contributed by atoms with Crippen LogP contribution in [0.2, 0.25) is 0 Å². The lowest BCUT2D eigenvalue weighted by molar-refractivity contribution is 0.193. The highest BCUT2D eigenvalue weighted by atomic mass is 15.2. The first kappa shape index (κ1) is 12.1. The van der Waals surface area contributed by atoms with Gasteiger partial charge in [0.2, 0.25) is 0 Å². The van der Waals surface area contributed by atoms with Crippen LogP contribution in [0.5, 0.6) is 0 Å². The summed E-state index contributed by atoms with van der Waals surface area (Å²) in [5.41, 5.74) is 1.44. The van der Waals surface area contributed by atoms with Crippen molar-refractivity contribution < 1.29 is 0 Å². The van der Waals surface area contributed by atoms with E-state index >= 15 is 0 Å². The molecule has 1 aromatic rings. The van der Waals surface area contributed by atoms with Gasteiger partial charge in [0.25, 0.3) is 0 Å². The maximum Gasteiger partial charge on any atom is 0.115 e. The van der Waals surface area contributed by atoms with E-state index in [9.17, 15) is 0 Å². The normalized spacial score (nSPS) is 30.1. The predicted octanol–water partition coefficient (Wildman–Crippen LogP) is 1.44. The van der Waals surface area contributed by atoms with Crippen LogP contribution in [0, 0.1) is 5.92 Å². The van der Waals surface area contributed by atoms with E-state index in [-0.39, 0.29) is 0 Å². The van der Waals surface area contributed by atoms with Gasteiger partial charge in [0.15, 0.2) is 0 Å². The minimum absolute atomic E-state index is 0.309. The highest BCUT2D eigenvalue weighted by Gasteiger charge is 2.42. The Morgan fingerprint density at radius 2 is 2.39 bits per heavy atom. The number of hydrogen-bond donors (Lipinski definition) is 1. The summed E-state index contributed by atoms with van der Waals surface area (Å²) in [5, 5.41) is 3.76.